The summed E-state index contributed by atoms with van der Waals surface area (Å²) in [7, 11) is 1.32. The number of carbonyl (C=O) groups excluding carboxylic acids is 2. The predicted molar refractivity (Wildman–Crippen MR) is 85.9 cm³/mol. The number of aromatic nitrogens is 1. The first-order valence-electron chi connectivity index (χ1n) is 6.18. The number of methoxy groups -OCH3 is 1. The second-order valence-electron chi connectivity index (χ2n) is 4.19. The molecule has 0 bridgehead atoms. The lowest BCUT2D eigenvalue weighted by Crippen LogP contribution is -2.24. The molecule has 0 saturated carbocycles. The molecule has 2 aromatic rings. The number of carbonyl (C=O) groups is 2. The Bertz CT molecular complexity index is 673. The lowest BCUT2D eigenvalue weighted by atomic mass is 10.2. The number of esters is 1. The average Bonchev–Trinajstić information content (AvgIpc) is 2.52. The number of hydrogen-bond donors (Lipinski definition) is 1. The fourth-order valence-electron chi connectivity index (χ4n) is 1.73. The summed E-state index contributed by atoms with van der Waals surface area (Å²) in [6.07, 6.45) is 1.51. The van der Waals surface area contributed by atoms with E-state index in [-0.39, 0.29) is 12.5 Å². The molecule has 1 aromatic carbocycles. The topological polar surface area (TPSA) is 68.3 Å². The molecule has 0 saturated heterocycles. The van der Waals surface area contributed by atoms with E-state index in [1.54, 1.807) is 18.2 Å². The SMILES string of the molecule is COC(=O)c1ccnc(CNC(=O)c2ccccc2I)c1. The van der Waals surface area contributed by atoms with Crippen molar-refractivity contribution in [2.75, 3.05) is 7.11 Å². The summed E-state index contributed by atoms with van der Waals surface area (Å²) < 4.78 is 5.53. The molecule has 0 aliphatic heterocycles. The fraction of sp³-hybridized carbons (Fsp3) is 0.133. The van der Waals surface area contributed by atoms with E-state index in [9.17, 15) is 9.59 Å². The quantitative estimate of drug-likeness (QED) is 0.637. The van der Waals surface area contributed by atoms with Crippen LogP contribution in [0.5, 0.6) is 0 Å². The third-order valence-electron chi connectivity index (χ3n) is 2.79. The van der Waals surface area contributed by atoms with Crippen molar-refractivity contribution in [3.8, 4) is 0 Å². The first-order valence-corrected chi connectivity index (χ1v) is 7.25. The number of rotatable bonds is 4. The van der Waals surface area contributed by atoms with E-state index >= 15 is 0 Å². The van der Waals surface area contributed by atoms with Gasteiger partial charge in [-0.15, -0.1) is 0 Å². The van der Waals surface area contributed by atoms with Crippen molar-refractivity contribution in [2.24, 2.45) is 0 Å². The molecule has 0 spiro atoms. The van der Waals surface area contributed by atoms with Gasteiger partial charge in [-0.25, -0.2) is 4.79 Å². The van der Waals surface area contributed by atoms with Crippen LogP contribution in [0.4, 0.5) is 0 Å². The van der Waals surface area contributed by atoms with E-state index < -0.39 is 5.97 Å². The number of hydrogen-bond acceptors (Lipinski definition) is 4. The van der Waals surface area contributed by atoms with Crippen LogP contribution in [0.25, 0.3) is 0 Å². The highest BCUT2D eigenvalue weighted by atomic mass is 127. The highest BCUT2D eigenvalue weighted by Crippen LogP contribution is 2.11. The van der Waals surface area contributed by atoms with Gasteiger partial charge in [-0.3, -0.25) is 9.78 Å². The predicted octanol–water partition coefficient (Wildman–Crippen LogP) is 2.40. The van der Waals surface area contributed by atoms with Gasteiger partial charge in [-0.1, -0.05) is 12.1 Å². The molecular weight excluding hydrogens is 383 g/mol. The number of nitrogens with one attached hydrogen (secondary N) is 1. The largest absolute Gasteiger partial charge is 0.465 e. The molecule has 6 heteroatoms. The minimum Gasteiger partial charge on any atom is -0.465 e. The first-order chi connectivity index (χ1) is 10.1. The summed E-state index contributed by atoms with van der Waals surface area (Å²) in [6.45, 7) is 0.245. The van der Waals surface area contributed by atoms with Crippen LogP contribution in [0.3, 0.4) is 0 Å². The van der Waals surface area contributed by atoms with Gasteiger partial charge in [0.2, 0.25) is 0 Å². The van der Waals surface area contributed by atoms with E-state index in [1.807, 2.05) is 18.2 Å². The van der Waals surface area contributed by atoms with Gasteiger partial charge in [0.15, 0.2) is 0 Å². The van der Waals surface area contributed by atoms with Crippen molar-refractivity contribution < 1.29 is 14.3 Å². The van der Waals surface area contributed by atoms with Crippen LogP contribution in [0.1, 0.15) is 26.4 Å². The number of amides is 1. The standard InChI is InChI=1S/C15H13IN2O3/c1-21-15(20)10-6-7-17-11(8-10)9-18-14(19)12-4-2-3-5-13(12)16/h2-8H,9H2,1H3,(H,18,19). The molecule has 108 valence electrons. The van der Waals surface area contributed by atoms with Crippen molar-refractivity contribution in [3.63, 3.8) is 0 Å². The molecule has 0 fully saturated rings. The van der Waals surface area contributed by atoms with Gasteiger partial charge in [-0.2, -0.15) is 0 Å². The van der Waals surface area contributed by atoms with Crippen molar-refractivity contribution in [3.05, 3.63) is 63.0 Å². The Morgan fingerprint density at radius 1 is 1.29 bits per heavy atom. The van der Waals surface area contributed by atoms with Gasteiger partial charge in [0.25, 0.3) is 5.91 Å². The third-order valence-corrected chi connectivity index (χ3v) is 3.73. The molecule has 0 aliphatic rings. The second-order valence-corrected chi connectivity index (χ2v) is 5.35. The van der Waals surface area contributed by atoms with E-state index in [0.717, 1.165) is 3.57 Å². The Hall–Kier alpha value is -1.96. The number of ether oxygens (including phenoxy) is 1. The minimum absolute atomic E-state index is 0.176. The van der Waals surface area contributed by atoms with Crippen molar-refractivity contribution in [2.45, 2.75) is 6.54 Å². The van der Waals surface area contributed by atoms with Crippen LogP contribution in [0, 0.1) is 3.57 Å². The van der Waals surface area contributed by atoms with Crippen molar-refractivity contribution in [1.82, 2.24) is 10.3 Å². The van der Waals surface area contributed by atoms with Crippen LogP contribution >= 0.6 is 22.6 Å². The molecule has 0 unspecified atom stereocenters. The van der Waals surface area contributed by atoms with Crippen LogP contribution in [0.2, 0.25) is 0 Å². The van der Waals surface area contributed by atoms with Crippen LogP contribution in [-0.2, 0) is 11.3 Å². The molecule has 0 radical (unpaired) electrons. The highest BCUT2D eigenvalue weighted by Gasteiger charge is 2.10. The number of halogens is 1. The molecular formula is C15H13IN2O3. The van der Waals surface area contributed by atoms with Crippen molar-refractivity contribution >= 4 is 34.5 Å². The summed E-state index contributed by atoms with van der Waals surface area (Å²) >= 11 is 2.11. The van der Waals surface area contributed by atoms with Gasteiger partial charge in [0, 0.05) is 9.77 Å². The molecule has 1 aromatic heterocycles. The molecule has 1 amide bonds. The Morgan fingerprint density at radius 3 is 2.76 bits per heavy atom. The zero-order valence-electron chi connectivity index (χ0n) is 11.3. The van der Waals surface area contributed by atoms with Gasteiger partial charge < -0.3 is 10.1 Å². The van der Waals surface area contributed by atoms with E-state index in [4.69, 9.17) is 0 Å². The van der Waals surface area contributed by atoms with Gasteiger partial charge >= 0.3 is 5.97 Å². The first kappa shape index (κ1) is 15.4. The van der Waals surface area contributed by atoms with E-state index in [2.05, 4.69) is 37.6 Å². The third kappa shape index (κ3) is 4.01. The normalized spacial score (nSPS) is 10.0. The maximum Gasteiger partial charge on any atom is 0.337 e. The van der Waals surface area contributed by atoms with Crippen LogP contribution in [-0.4, -0.2) is 24.0 Å². The minimum atomic E-state index is -0.428. The number of pyridine rings is 1. The highest BCUT2D eigenvalue weighted by molar-refractivity contribution is 14.1. The Kier molecular flexibility index (Phi) is 5.26. The number of nitrogens with zero attached hydrogens (tertiary/aromatic N) is 1. The monoisotopic (exact) mass is 396 g/mol. The average molecular weight is 396 g/mol. The summed E-state index contributed by atoms with van der Waals surface area (Å²) in [4.78, 5) is 27.6. The number of benzene rings is 1. The van der Waals surface area contributed by atoms with Gasteiger partial charge in [-0.05, 0) is 46.9 Å². The molecule has 1 heterocycles. The molecule has 1 N–H and O–H groups in total. The maximum atomic E-state index is 12.1. The molecule has 0 atom stereocenters. The molecule has 2 rings (SSSR count). The Labute approximate surface area is 135 Å². The summed E-state index contributed by atoms with van der Waals surface area (Å²) in [6, 6.07) is 10.5. The summed E-state index contributed by atoms with van der Waals surface area (Å²) in [5.74, 6) is -0.604. The zero-order chi connectivity index (χ0) is 15.2. The molecule has 5 nitrogen and oxygen atoms in total. The second kappa shape index (κ2) is 7.16. The van der Waals surface area contributed by atoms with Crippen LogP contribution in [0.15, 0.2) is 42.6 Å². The van der Waals surface area contributed by atoms with E-state index in [0.29, 0.717) is 16.8 Å². The lowest BCUT2D eigenvalue weighted by Gasteiger charge is -2.07. The van der Waals surface area contributed by atoms with Gasteiger partial charge in [0.1, 0.15) is 0 Å². The Morgan fingerprint density at radius 2 is 2.05 bits per heavy atom. The molecule has 21 heavy (non-hydrogen) atoms. The van der Waals surface area contributed by atoms with Gasteiger partial charge in [0.05, 0.1) is 30.5 Å². The fourth-order valence-corrected chi connectivity index (χ4v) is 2.36. The summed E-state index contributed by atoms with van der Waals surface area (Å²) in [5.41, 5.74) is 1.62. The molecule has 0 aliphatic carbocycles. The van der Waals surface area contributed by atoms with Crippen LogP contribution < -0.4 is 5.32 Å². The zero-order valence-corrected chi connectivity index (χ0v) is 13.5. The summed E-state index contributed by atoms with van der Waals surface area (Å²) in [5, 5.41) is 2.78. The Balaban J connectivity index is 2.05. The van der Waals surface area contributed by atoms with E-state index in [1.165, 1.54) is 13.3 Å². The lowest BCUT2D eigenvalue weighted by molar-refractivity contribution is 0.0600. The van der Waals surface area contributed by atoms with Crippen molar-refractivity contribution in [1.29, 1.82) is 0 Å². The smallest absolute Gasteiger partial charge is 0.337 e. The maximum absolute atomic E-state index is 12.1.